The van der Waals surface area contributed by atoms with Gasteiger partial charge in [-0.25, -0.2) is 9.78 Å². The van der Waals surface area contributed by atoms with Crippen molar-refractivity contribution in [3.05, 3.63) is 23.9 Å². The average Bonchev–Trinajstić information content (AvgIpc) is 2.87. The van der Waals surface area contributed by atoms with Gasteiger partial charge in [0.05, 0.1) is 5.56 Å². The van der Waals surface area contributed by atoms with Crippen molar-refractivity contribution < 1.29 is 22.8 Å². The Hall–Kier alpha value is -2.52. The number of hydrogen-bond acceptors (Lipinski definition) is 4. The van der Waals surface area contributed by atoms with Gasteiger partial charge in [-0.1, -0.05) is 0 Å². The van der Waals surface area contributed by atoms with Gasteiger partial charge in [0.1, 0.15) is 5.82 Å². The Bertz CT molecular complexity index is 649. The fourth-order valence-corrected chi connectivity index (χ4v) is 2.70. The number of pyridine rings is 1. The normalized spacial score (nSPS) is 15.3. The second-order valence-corrected chi connectivity index (χ2v) is 6.50. The molecule has 3 amide bonds. The number of hydrogen-bond donors (Lipinski definition) is 1. The van der Waals surface area contributed by atoms with Crippen LogP contribution >= 0.6 is 0 Å². The lowest BCUT2D eigenvalue weighted by Gasteiger charge is -2.23. The van der Waals surface area contributed by atoms with Crippen LogP contribution in [0, 0.1) is 0 Å². The zero-order valence-corrected chi connectivity index (χ0v) is 15.4. The molecule has 1 fully saturated rings. The zero-order valence-electron chi connectivity index (χ0n) is 15.4. The number of rotatable bonds is 4. The smallest absolute Gasteiger partial charge is 0.355 e. The molecule has 2 heterocycles. The summed E-state index contributed by atoms with van der Waals surface area (Å²) < 4.78 is 37.9. The van der Waals surface area contributed by atoms with Crippen molar-refractivity contribution in [1.29, 1.82) is 0 Å². The van der Waals surface area contributed by atoms with Crippen molar-refractivity contribution in [2.75, 3.05) is 51.7 Å². The van der Waals surface area contributed by atoms with Gasteiger partial charge in [0.15, 0.2) is 0 Å². The van der Waals surface area contributed by atoms with Crippen LogP contribution in [0.3, 0.4) is 0 Å². The number of aromatic nitrogens is 1. The van der Waals surface area contributed by atoms with Crippen LogP contribution < -0.4 is 10.2 Å². The number of anilines is 1. The fourth-order valence-electron chi connectivity index (χ4n) is 2.70. The highest BCUT2D eigenvalue weighted by atomic mass is 19.4. The highest BCUT2D eigenvalue weighted by molar-refractivity contribution is 5.78. The molecule has 0 spiro atoms. The van der Waals surface area contributed by atoms with E-state index in [1.54, 1.807) is 19.0 Å². The van der Waals surface area contributed by atoms with Gasteiger partial charge >= 0.3 is 12.2 Å². The molecule has 150 valence electrons. The molecule has 1 saturated heterocycles. The van der Waals surface area contributed by atoms with E-state index in [-0.39, 0.29) is 24.9 Å². The third-order valence-corrected chi connectivity index (χ3v) is 4.30. The molecule has 0 aliphatic carbocycles. The zero-order chi connectivity index (χ0) is 20.0. The van der Waals surface area contributed by atoms with Crippen LogP contribution in [0.5, 0.6) is 0 Å². The molecule has 0 unspecified atom stereocenters. The summed E-state index contributed by atoms with van der Waals surface area (Å²) in [4.78, 5) is 32.6. The molecular weight excluding hydrogens is 363 g/mol. The molecule has 1 aromatic heterocycles. The van der Waals surface area contributed by atoms with E-state index in [4.69, 9.17) is 0 Å². The number of alkyl halides is 3. The number of carbonyl (C=O) groups is 2. The minimum atomic E-state index is -4.41. The summed E-state index contributed by atoms with van der Waals surface area (Å²) in [5.74, 6) is 0.396. The number of halogens is 3. The molecule has 0 aromatic carbocycles. The maximum atomic E-state index is 12.6. The lowest BCUT2D eigenvalue weighted by atomic mass is 10.2. The molecule has 27 heavy (non-hydrogen) atoms. The van der Waals surface area contributed by atoms with Gasteiger partial charge in [-0.05, 0) is 18.6 Å². The summed E-state index contributed by atoms with van der Waals surface area (Å²) in [6.45, 7) is 2.29. The summed E-state index contributed by atoms with van der Waals surface area (Å²) in [5, 5.41) is 2.72. The van der Waals surface area contributed by atoms with Gasteiger partial charge in [-0.2, -0.15) is 13.2 Å². The Balaban J connectivity index is 1.86. The van der Waals surface area contributed by atoms with Gasteiger partial charge in [0.2, 0.25) is 5.91 Å². The molecule has 1 N–H and O–H groups in total. The van der Waals surface area contributed by atoms with Crippen molar-refractivity contribution in [3.63, 3.8) is 0 Å². The molecule has 0 bridgehead atoms. The Morgan fingerprint density at radius 1 is 1.19 bits per heavy atom. The second kappa shape index (κ2) is 8.92. The molecule has 1 aromatic rings. The topological polar surface area (TPSA) is 68.8 Å². The molecule has 1 aliphatic heterocycles. The van der Waals surface area contributed by atoms with Crippen molar-refractivity contribution in [2.45, 2.75) is 19.0 Å². The van der Waals surface area contributed by atoms with E-state index in [1.165, 1.54) is 11.0 Å². The average molecular weight is 387 g/mol. The van der Waals surface area contributed by atoms with Crippen molar-refractivity contribution in [3.8, 4) is 0 Å². The van der Waals surface area contributed by atoms with Crippen LogP contribution in [-0.2, 0) is 11.0 Å². The lowest BCUT2D eigenvalue weighted by molar-refractivity contribution is -0.137. The van der Waals surface area contributed by atoms with Crippen molar-refractivity contribution in [2.24, 2.45) is 0 Å². The van der Waals surface area contributed by atoms with E-state index in [1.807, 2.05) is 4.90 Å². The van der Waals surface area contributed by atoms with Gasteiger partial charge in [0, 0.05) is 59.4 Å². The van der Waals surface area contributed by atoms with Gasteiger partial charge in [-0.15, -0.1) is 0 Å². The number of nitrogens with zero attached hydrogens (tertiary/aromatic N) is 4. The first kappa shape index (κ1) is 20.8. The second-order valence-electron chi connectivity index (χ2n) is 6.50. The third kappa shape index (κ3) is 6.00. The SMILES string of the molecule is CN(C)C(=O)CCNC(=O)N1CCCN(c2ccc(C(F)(F)F)cn2)CC1. The van der Waals surface area contributed by atoms with Gasteiger partial charge < -0.3 is 20.0 Å². The summed E-state index contributed by atoms with van der Waals surface area (Å²) in [6.07, 6.45) is -2.68. The highest BCUT2D eigenvalue weighted by Crippen LogP contribution is 2.29. The van der Waals surface area contributed by atoms with Crippen LogP contribution in [-0.4, -0.2) is 73.5 Å². The van der Waals surface area contributed by atoms with Crippen LogP contribution in [0.4, 0.5) is 23.8 Å². The predicted octanol–water partition coefficient (Wildman–Crippen LogP) is 1.80. The maximum Gasteiger partial charge on any atom is 0.417 e. The summed E-state index contributed by atoms with van der Waals surface area (Å²) in [7, 11) is 3.31. The summed E-state index contributed by atoms with van der Waals surface area (Å²) in [6, 6.07) is 2.12. The number of amides is 3. The predicted molar refractivity (Wildman–Crippen MR) is 94.4 cm³/mol. The van der Waals surface area contributed by atoms with Crippen LogP contribution in [0.15, 0.2) is 18.3 Å². The minimum absolute atomic E-state index is 0.0641. The maximum absolute atomic E-state index is 12.6. The van der Waals surface area contributed by atoms with Gasteiger partial charge in [0.25, 0.3) is 0 Å². The molecule has 0 radical (unpaired) electrons. The lowest BCUT2D eigenvalue weighted by Crippen LogP contribution is -2.43. The Kier molecular flexibility index (Phi) is 6.86. The molecule has 0 saturated carbocycles. The molecule has 2 rings (SSSR count). The van der Waals surface area contributed by atoms with E-state index in [2.05, 4.69) is 10.3 Å². The first-order valence-corrected chi connectivity index (χ1v) is 8.69. The number of urea groups is 1. The molecule has 10 heteroatoms. The van der Waals surface area contributed by atoms with Gasteiger partial charge in [-0.3, -0.25) is 4.79 Å². The monoisotopic (exact) mass is 387 g/mol. The summed E-state index contributed by atoms with van der Waals surface area (Å²) in [5.41, 5.74) is -0.783. The van der Waals surface area contributed by atoms with E-state index in [0.717, 1.165) is 12.3 Å². The van der Waals surface area contributed by atoms with E-state index in [0.29, 0.717) is 38.4 Å². The fraction of sp³-hybridized carbons (Fsp3) is 0.588. The largest absolute Gasteiger partial charge is 0.417 e. The van der Waals surface area contributed by atoms with Crippen LogP contribution in [0.25, 0.3) is 0 Å². The van der Waals surface area contributed by atoms with Crippen molar-refractivity contribution >= 4 is 17.8 Å². The Morgan fingerprint density at radius 2 is 1.93 bits per heavy atom. The van der Waals surface area contributed by atoms with Crippen LogP contribution in [0.2, 0.25) is 0 Å². The molecule has 7 nitrogen and oxygen atoms in total. The number of carbonyl (C=O) groups excluding carboxylic acids is 2. The van der Waals surface area contributed by atoms with E-state index >= 15 is 0 Å². The minimum Gasteiger partial charge on any atom is -0.355 e. The quantitative estimate of drug-likeness (QED) is 0.856. The van der Waals surface area contributed by atoms with E-state index in [9.17, 15) is 22.8 Å². The Labute approximate surface area is 156 Å². The molecule has 0 atom stereocenters. The summed E-state index contributed by atoms with van der Waals surface area (Å²) >= 11 is 0. The standard InChI is InChI=1S/C17H24F3N5O2/c1-23(2)15(26)6-7-21-16(27)25-9-3-8-24(10-11-25)14-5-4-13(12-22-14)17(18,19)20/h4-5,12H,3,6-11H2,1-2H3,(H,21,27). The number of nitrogens with one attached hydrogen (secondary N) is 1. The molecular formula is C17H24F3N5O2. The highest BCUT2D eigenvalue weighted by Gasteiger charge is 2.31. The third-order valence-electron chi connectivity index (χ3n) is 4.30. The van der Waals surface area contributed by atoms with Crippen molar-refractivity contribution in [1.82, 2.24) is 20.1 Å². The first-order valence-electron chi connectivity index (χ1n) is 8.69. The molecule has 1 aliphatic rings. The van der Waals surface area contributed by atoms with Crippen LogP contribution in [0.1, 0.15) is 18.4 Å². The first-order chi connectivity index (χ1) is 12.7. The Morgan fingerprint density at radius 3 is 2.52 bits per heavy atom. The van der Waals surface area contributed by atoms with E-state index < -0.39 is 11.7 Å².